The van der Waals surface area contributed by atoms with Gasteiger partial charge in [-0.3, -0.25) is 14.2 Å². The molecule has 2 aromatic heterocycles. The van der Waals surface area contributed by atoms with Gasteiger partial charge in [-0.05, 0) is 32.3 Å². The third kappa shape index (κ3) is 2.92. The molecule has 4 rings (SSSR count). The fraction of sp³-hybridized carbons (Fsp3) is 0.421. The van der Waals surface area contributed by atoms with Crippen molar-refractivity contribution in [3.05, 3.63) is 47.4 Å². The highest BCUT2D eigenvalue weighted by atomic mass is 16.1. The van der Waals surface area contributed by atoms with E-state index in [1.807, 2.05) is 41.7 Å². The van der Waals surface area contributed by atoms with E-state index < -0.39 is 0 Å². The van der Waals surface area contributed by atoms with Crippen molar-refractivity contribution in [2.75, 3.05) is 0 Å². The summed E-state index contributed by atoms with van der Waals surface area (Å²) in [6.45, 7) is 2.59. The van der Waals surface area contributed by atoms with Gasteiger partial charge in [-0.2, -0.15) is 10.2 Å². The van der Waals surface area contributed by atoms with Crippen LogP contribution in [0.1, 0.15) is 42.3 Å². The largest absolute Gasteiger partial charge is 0.349 e. The van der Waals surface area contributed by atoms with Crippen LogP contribution < -0.4 is 5.32 Å². The van der Waals surface area contributed by atoms with E-state index in [9.17, 15) is 4.79 Å². The third-order valence-corrected chi connectivity index (χ3v) is 5.10. The summed E-state index contributed by atoms with van der Waals surface area (Å²) in [5, 5.41) is 13.2. The van der Waals surface area contributed by atoms with Gasteiger partial charge in [0, 0.05) is 30.1 Å². The molecule has 2 heterocycles. The summed E-state index contributed by atoms with van der Waals surface area (Å²) in [6, 6.07) is 8.23. The number of rotatable bonds is 4. The molecular formula is C19H23N5O. The maximum absolute atomic E-state index is 12.5. The van der Waals surface area contributed by atoms with Crippen LogP contribution in [0.3, 0.4) is 0 Å². The Labute approximate surface area is 146 Å². The molecule has 0 fully saturated rings. The van der Waals surface area contributed by atoms with Gasteiger partial charge in [-0.25, -0.2) is 0 Å². The van der Waals surface area contributed by atoms with Gasteiger partial charge in [-0.1, -0.05) is 18.2 Å². The second kappa shape index (κ2) is 6.35. The van der Waals surface area contributed by atoms with Crippen LogP contribution in [0.15, 0.2) is 30.5 Å². The molecule has 25 heavy (non-hydrogen) atoms. The molecule has 6 heteroatoms. The van der Waals surface area contributed by atoms with Crippen LogP contribution in [0.25, 0.3) is 10.9 Å². The van der Waals surface area contributed by atoms with E-state index in [4.69, 9.17) is 0 Å². The quantitative estimate of drug-likeness (QED) is 0.796. The van der Waals surface area contributed by atoms with E-state index in [0.29, 0.717) is 13.0 Å². The Morgan fingerprint density at radius 1 is 1.36 bits per heavy atom. The summed E-state index contributed by atoms with van der Waals surface area (Å²) in [5.41, 5.74) is 4.50. The molecule has 1 N–H and O–H groups in total. The predicted molar refractivity (Wildman–Crippen MR) is 96.1 cm³/mol. The lowest BCUT2D eigenvalue weighted by Crippen LogP contribution is -2.31. The van der Waals surface area contributed by atoms with Crippen molar-refractivity contribution in [3.63, 3.8) is 0 Å². The molecule has 0 saturated heterocycles. The topological polar surface area (TPSA) is 64.7 Å². The molecule has 3 aromatic rings. The lowest BCUT2D eigenvalue weighted by atomic mass is 9.93. The van der Waals surface area contributed by atoms with Crippen molar-refractivity contribution in [1.29, 1.82) is 0 Å². The zero-order chi connectivity index (χ0) is 17.4. The molecule has 1 atom stereocenters. The number of nitrogens with one attached hydrogen (secondary N) is 1. The summed E-state index contributed by atoms with van der Waals surface area (Å²) in [6.07, 6.45) is 5.42. The van der Waals surface area contributed by atoms with Gasteiger partial charge in [0.2, 0.25) is 5.91 Å². The molecule has 1 aliphatic rings. The number of amides is 1. The molecule has 1 aliphatic carbocycles. The number of para-hydroxylation sites is 1. The van der Waals surface area contributed by atoms with Gasteiger partial charge >= 0.3 is 0 Å². The van der Waals surface area contributed by atoms with Crippen LogP contribution in [0.5, 0.6) is 0 Å². The maximum atomic E-state index is 12.5. The van der Waals surface area contributed by atoms with Crippen molar-refractivity contribution in [2.45, 2.75) is 45.2 Å². The molecule has 0 radical (unpaired) electrons. The van der Waals surface area contributed by atoms with Crippen LogP contribution in [-0.2, 0) is 24.8 Å². The van der Waals surface area contributed by atoms with Crippen molar-refractivity contribution in [2.24, 2.45) is 7.05 Å². The Morgan fingerprint density at radius 3 is 3.08 bits per heavy atom. The molecule has 6 nitrogen and oxygen atoms in total. The van der Waals surface area contributed by atoms with Gasteiger partial charge in [0.25, 0.3) is 0 Å². The van der Waals surface area contributed by atoms with Crippen molar-refractivity contribution >= 4 is 16.8 Å². The van der Waals surface area contributed by atoms with E-state index in [-0.39, 0.29) is 11.9 Å². The van der Waals surface area contributed by atoms with Crippen molar-refractivity contribution in [1.82, 2.24) is 24.9 Å². The molecule has 1 aromatic carbocycles. The number of carbonyl (C=O) groups is 1. The zero-order valence-electron chi connectivity index (χ0n) is 14.7. The first kappa shape index (κ1) is 15.9. The number of aromatic nitrogens is 4. The minimum Gasteiger partial charge on any atom is -0.349 e. The van der Waals surface area contributed by atoms with E-state index >= 15 is 0 Å². The van der Waals surface area contributed by atoms with Gasteiger partial charge in [-0.15, -0.1) is 0 Å². The zero-order valence-corrected chi connectivity index (χ0v) is 14.7. The van der Waals surface area contributed by atoms with Crippen LogP contribution in [-0.4, -0.2) is 25.5 Å². The normalized spacial score (nSPS) is 16.8. The highest BCUT2D eigenvalue weighted by molar-refractivity contribution is 5.82. The van der Waals surface area contributed by atoms with E-state index in [1.54, 1.807) is 0 Å². The minimum atomic E-state index is 0.0685. The number of nitrogens with zero attached hydrogens (tertiary/aromatic N) is 4. The Morgan fingerprint density at radius 2 is 2.20 bits per heavy atom. The fourth-order valence-corrected chi connectivity index (χ4v) is 3.79. The molecule has 1 amide bonds. The first-order valence-electron chi connectivity index (χ1n) is 8.86. The average Bonchev–Trinajstić information content (AvgIpc) is 3.15. The van der Waals surface area contributed by atoms with Gasteiger partial charge in [0.15, 0.2) is 0 Å². The number of hydrogen-bond donors (Lipinski definition) is 1. The average molecular weight is 337 g/mol. The second-order valence-electron chi connectivity index (χ2n) is 6.76. The number of benzene rings is 1. The van der Waals surface area contributed by atoms with Crippen LogP contribution in [0.4, 0.5) is 0 Å². The number of hydrogen-bond acceptors (Lipinski definition) is 3. The minimum absolute atomic E-state index is 0.0685. The molecule has 0 unspecified atom stereocenters. The molecule has 130 valence electrons. The smallest absolute Gasteiger partial charge is 0.222 e. The van der Waals surface area contributed by atoms with Crippen molar-refractivity contribution in [3.8, 4) is 0 Å². The number of aryl methyl sites for hydroxylation is 3. The summed E-state index contributed by atoms with van der Waals surface area (Å²) < 4.78 is 3.85. The number of carbonyl (C=O) groups excluding carboxylic acids is 1. The third-order valence-electron chi connectivity index (χ3n) is 5.10. The highest BCUT2D eigenvalue weighted by Crippen LogP contribution is 2.29. The predicted octanol–water partition coefficient (Wildman–Crippen LogP) is 2.66. The molecule has 0 aliphatic heterocycles. The summed E-state index contributed by atoms with van der Waals surface area (Å²) in [4.78, 5) is 12.5. The van der Waals surface area contributed by atoms with E-state index in [2.05, 4.69) is 27.6 Å². The molecule has 0 saturated carbocycles. The van der Waals surface area contributed by atoms with Crippen LogP contribution >= 0.6 is 0 Å². The maximum Gasteiger partial charge on any atom is 0.222 e. The SMILES string of the molecule is Cc1nn(CCC(=O)N[C@H]2CCCc3c2cnn3C)c2ccccc12. The Balaban J connectivity index is 1.43. The standard InChI is InChI=1S/C19H23N5O/c1-13-14-6-3-4-8-18(14)24(22-13)11-10-19(25)21-16-7-5-9-17-15(16)12-20-23(17)2/h3-4,6,8,12,16H,5,7,9-11H2,1-2H3,(H,21,25)/t16-/m0/s1. The molecular weight excluding hydrogens is 314 g/mol. The first-order chi connectivity index (χ1) is 12.1. The van der Waals surface area contributed by atoms with Crippen LogP contribution in [0.2, 0.25) is 0 Å². The first-order valence-corrected chi connectivity index (χ1v) is 8.86. The van der Waals surface area contributed by atoms with Crippen molar-refractivity contribution < 1.29 is 4.79 Å². The Kier molecular flexibility index (Phi) is 4.03. The Bertz CT molecular complexity index is 923. The van der Waals surface area contributed by atoms with E-state index in [1.165, 1.54) is 11.3 Å². The lowest BCUT2D eigenvalue weighted by Gasteiger charge is -2.23. The Hall–Kier alpha value is -2.63. The summed E-state index contributed by atoms with van der Waals surface area (Å²) in [7, 11) is 1.97. The lowest BCUT2D eigenvalue weighted by molar-refractivity contribution is -0.122. The van der Waals surface area contributed by atoms with E-state index in [0.717, 1.165) is 35.9 Å². The summed E-state index contributed by atoms with van der Waals surface area (Å²) in [5.74, 6) is 0.0685. The molecule has 0 bridgehead atoms. The number of fused-ring (bicyclic) bond motifs is 2. The fourth-order valence-electron chi connectivity index (χ4n) is 3.79. The monoisotopic (exact) mass is 337 g/mol. The second-order valence-corrected chi connectivity index (χ2v) is 6.76. The summed E-state index contributed by atoms with van der Waals surface area (Å²) >= 11 is 0. The highest BCUT2D eigenvalue weighted by Gasteiger charge is 2.24. The van der Waals surface area contributed by atoms with Gasteiger partial charge in [0.05, 0.1) is 30.0 Å². The van der Waals surface area contributed by atoms with Gasteiger partial charge < -0.3 is 5.32 Å². The van der Waals surface area contributed by atoms with Crippen LogP contribution in [0, 0.1) is 6.92 Å². The van der Waals surface area contributed by atoms with Gasteiger partial charge in [0.1, 0.15) is 0 Å². The molecule has 0 spiro atoms.